The topological polar surface area (TPSA) is 12.0 Å². The van der Waals surface area contributed by atoms with Gasteiger partial charge >= 0.3 is 0 Å². The van der Waals surface area contributed by atoms with Gasteiger partial charge in [-0.05, 0) is 51.3 Å². The maximum atomic E-state index is 13.2. The average Bonchev–Trinajstić information content (AvgIpc) is 2.36. The molecule has 0 aromatic heterocycles. The minimum Gasteiger partial charge on any atom is -0.311 e. The Morgan fingerprint density at radius 2 is 1.45 bits per heavy atom. The molecule has 20 heavy (non-hydrogen) atoms. The fraction of sp³-hybridized carbons (Fsp3) is 0.667. The molecule has 0 unspecified atom stereocenters. The highest BCUT2D eigenvalue weighted by Gasteiger charge is 2.31. The third-order valence-corrected chi connectivity index (χ3v) is 3.87. The van der Waals surface area contributed by atoms with Crippen molar-refractivity contribution in [2.45, 2.75) is 71.3 Å². The van der Waals surface area contributed by atoms with Gasteiger partial charge in [0, 0.05) is 17.5 Å². The van der Waals surface area contributed by atoms with Crippen molar-refractivity contribution in [2.75, 3.05) is 6.54 Å². The summed E-state index contributed by atoms with van der Waals surface area (Å²) in [6, 6.07) is 7.11. The Morgan fingerprint density at radius 3 is 1.85 bits per heavy atom. The van der Waals surface area contributed by atoms with Gasteiger partial charge in [0.2, 0.25) is 0 Å². The minimum absolute atomic E-state index is 0.104. The Balaban J connectivity index is 3.05. The van der Waals surface area contributed by atoms with Crippen molar-refractivity contribution >= 4 is 0 Å². The van der Waals surface area contributed by atoms with E-state index in [0.717, 1.165) is 32.2 Å². The molecule has 0 atom stereocenters. The molecule has 2 heteroatoms. The van der Waals surface area contributed by atoms with E-state index in [0.29, 0.717) is 0 Å². The van der Waals surface area contributed by atoms with E-state index in [9.17, 15) is 4.39 Å². The first-order valence-corrected chi connectivity index (χ1v) is 7.84. The van der Waals surface area contributed by atoms with Crippen LogP contribution in [0.3, 0.4) is 0 Å². The summed E-state index contributed by atoms with van der Waals surface area (Å²) in [6.07, 6.45) is 4.55. The first kappa shape index (κ1) is 17.2. The second-order valence-corrected chi connectivity index (χ2v) is 6.89. The quantitative estimate of drug-likeness (QED) is 0.736. The lowest BCUT2D eigenvalue weighted by Crippen LogP contribution is -2.46. The molecule has 0 saturated carbocycles. The van der Waals surface area contributed by atoms with Gasteiger partial charge in [0.05, 0.1) is 0 Å². The molecule has 0 fully saturated rings. The maximum absolute atomic E-state index is 13.2. The third-order valence-electron chi connectivity index (χ3n) is 3.87. The molecule has 1 N–H and O–H groups in total. The summed E-state index contributed by atoms with van der Waals surface area (Å²) in [7, 11) is 0. The normalized spacial score (nSPS) is 12.7. The van der Waals surface area contributed by atoms with Crippen LogP contribution in [0.5, 0.6) is 0 Å². The highest BCUT2D eigenvalue weighted by molar-refractivity contribution is 5.27. The predicted octanol–water partition coefficient (Wildman–Crippen LogP) is 5.05. The summed E-state index contributed by atoms with van der Waals surface area (Å²) >= 11 is 0. The van der Waals surface area contributed by atoms with E-state index in [1.165, 1.54) is 5.56 Å². The molecular formula is C18H30FN. The second-order valence-electron chi connectivity index (χ2n) is 6.89. The van der Waals surface area contributed by atoms with E-state index in [1.54, 1.807) is 12.1 Å². The zero-order chi connectivity index (χ0) is 15.2. The number of rotatable bonds is 7. The van der Waals surface area contributed by atoms with Crippen molar-refractivity contribution in [1.82, 2.24) is 5.32 Å². The molecule has 1 aromatic carbocycles. The van der Waals surface area contributed by atoms with Gasteiger partial charge in [-0.3, -0.25) is 0 Å². The zero-order valence-corrected chi connectivity index (χ0v) is 13.7. The Bertz CT molecular complexity index is 383. The SMILES string of the molecule is CCCC(CCC)(CNC(C)(C)C)c1ccc(F)cc1. The molecule has 1 rings (SSSR count). The van der Waals surface area contributed by atoms with E-state index in [-0.39, 0.29) is 16.8 Å². The molecule has 0 aliphatic carbocycles. The maximum Gasteiger partial charge on any atom is 0.123 e. The van der Waals surface area contributed by atoms with Gasteiger partial charge in [0.15, 0.2) is 0 Å². The van der Waals surface area contributed by atoms with E-state index in [2.05, 4.69) is 39.9 Å². The number of nitrogens with one attached hydrogen (secondary N) is 1. The number of hydrogen-bond acceptors (Lipinski definition) is 1. The van der Waals surface area contributed by atoms with Crippen LogP contribution in [-0.4, -0.2) is 12.1 Å². The van der Waals surface area contributed by atoms with Crippen LogP contribution >= 0.6 is 0 Å². The summed E-state index contributed by atoms with van der Waals surface area (Å²) in [5, 5.41) is 3.65. The lowest BCUT2D eigenvalue weighted by Gasteiger charge is -2.37. The summed E-state index contributed by atoms with van der Waals surface area (Å²) in [5.41, 5.74) is 1.48. The zero-order valence-electron chi connectivity index (χ0n) is 13.7. The third kappa shape index (κ3) is 4.90. The molecule has 0 bridgehead atoms. The Morgan fingerprint density at radius 1 is 0.950 bits per heavy atom. The van der Waals surface area contributed by atoms with E-state index in [4.69, 9.17) is 0 Å². The highest BCUT2D eigenvalue weighted by atomic mass is 19.1. The molecule has 0 spiro atoms. The Hall–Kier alpha value is -0.890. The van der Waals surface area contributed by atoms with Crippen LogP contribution in [0.4, 0.5) is 4.39 Å². The molecule has 0 saturated heterocycles. The molecule has 0 heterocycles. The fourth-order valence-electron chi connectivity index (χ4n) is 2.89. The second kappa shape index (κ2) is 7.21. The van der Waals surface area contributed by atoms with E-state index in [1.807, 2.05) is 12.1 Å². The van der Waals surface area contributed by atoms with Gasteiger partial charge in [-0.25, -0.2) is 4.39 Å². The first-order valence-electron chi connectivity index (χ1n) is 7.84. The number of hydrogen-bond donors (Lipinski definition) is 1. The molecule has 0 aliphatic rings. The van der Waals surface area contributed by atoms with Crippen molar-refractivity contribution in [3.63, 3.8) is 0 Å². The van der Waals surface area contributed by atoms with E-state index < -0.39 is 0 Å². The van der Waals surface area contributed by atoms with Crippen LogP contribution in [0.15, 0.2) is 24.3 Å². The van der Waals surface area contributed by atoms with Crippen LogP contribution in [0.25, 0.3) is 0 Å². The van der Waals surface area contributed by atoms with Crippen LogP contribution in [-0.2, 0) is 5.41 Å². The summed E-state index contributed by atoms with van der Waals surface area (Å²) in [4.78, 5) is 0. The van der Waals surface area contributed by atoms with Crippen LogP contribution in [0, 0.1) is 5.82 Å². The van der Waals surface area contributed by atoms with Gasteiger partial charge in [0.25, 0.3) is 0 Å². The van der Waals surface area contributed by atoms with E-state index >= 15 is 0 Å². The van der Waals surface area contributed by atoms with Crippen molar-refractivity contribution in [3.05, 3.63) is 35.6 Å². The molecule has 1 nitrogen and oxygen atoms in total. The lowest BCUT2D eigenvalue weighted by atomic mass is 9.73. The standard InChI is InChI=1S/C18H30FN/c1-6-12-18(13-7-2,14-20-17(3,4)5)15-8-10-16(19)11-9-15/h8-11,20H,6-7,12-14H2,1-5H3. The highest BCUT2D eigenvalue weighted by Crippen LogP contribution is 2.34. The largest absolute Gasteiger partial charge is 0.311 e. The lowest BCUT2D eigenvalue weighted by molar-refractivity contribution is 0.292. The number of benzene rings is 1. The summed E-state index contributed by atoms with van der Waals surface area (Å²) in [6.45, 7) is 12.0. The van der Waals surface area contributed by atoms with Gasteiger partial charge in [-0.1, -0.05) is 38.8 Å². The fourth-order valence-corrected chi connectivity index (χ4v) is 2.89. The van der Waals surface area contributed by atoms with Crippen molar-refractivity contribution in [2.24, 2.45) is 0 Å². The van der Waals surface area contributed by atoms with Gasteiger partial charge < -0.3 is 5.32 Å². The van der Waals surface area contributed by atoms with Gasteiger partial charge in [0.1, 0.15) is 5.82 Å². The van der Waals surface area contributed by atoms with Crippen LogP contribution in [0.2, 0.25) is 0 Å². The van der Waals surface area contributed by atoms with Crippen LogP contribution < -0.4 is 5.32 Å². The smallest absolute Gasteiger partial charge is 0.123 e. The Kier molecular flexibility index (Phi) is 6.19. The molecule has 114 valence electrons. The van der Waals surface area contributed by atoms with Crippen LogP contribution in [0.1, 0.15) is 65.9 Å². The predicted molar refractivity (Wildman–Crippen MR) is 85.6 cm³/mol. The molecule has 1 aromatic rings. The monoisotopic (exact) mass is 279 g/mol. The molecule has 0 amide bonds. The molecule has 0 aliphatic heterocycles. The average molecular weight is 279 g/mol. The number of halogens is 1. The molecule has 0 radical (unpaired) electrons. The van der Waals surface area contributed by atoms with Crippen molar-refractivity contribution < 1.29 is 4.39 Å². The van der Waals surface area contributed by atoms with Gasteiger partial charge in [-0.15, -0.1) is 0 Å². The van der Waals surface area contributed by atoms with Crippen molar-refractivity contribution in [3.8, 4) is 0 Å². The van der Waals surface area contributed by atoms with Gasteiger partial charge in [-0.2, -0.15) is 0 Å². The minimum atomic E-state index is -0.153. The first-order chi connectivity index (χ1) is 9.33. The molecular weight excluding hydrogens is 249 g/mol. The Labute approximate surface area is 124 Å². The summed E-state index contributed by atoms with van der Waals surface area (Å²) < 4.78 is 13.2. The summed E-state index contributed by atoms with van der Waals surface area (Å²) in [5.74, 6) is -0.153. The van der Waals surface area contributed by atoms with Crippen molar-refractivity contribution in [1.29, 1.82) is 0 Å².